The van der Waals surface area contributed by atoms with E-state index in [1.165, 1.54) is 12.1 Å². The van der Waals surface area contributed by atoms with Gasteiger partial charge in [0.25, 0.3) is 0 Å². The lowest BCUT2D eigenvalue weighted by atomic mass is 9.99. The fraction of sp³-hybridized carbons (Fsp3) is 0.136. The van der Waals surface area contributed by atoms with Crippen molar-refractivity contribution < 1.29 is 4.39 Å². The molecule has 6 nitrogen and oxygen atoms in total. The maximum Gasteiger partial charge on any atom is 0.182 e. The Morgan fingerprint density at radius 1 is 1.03 bits per heavy atom. The topological polar surface area (TPSA) is 80.6 Å². The molecule has 0 bridgehead atoms. The molecule has 0 aliphatic carbocycles. The largest absolute Gasteiger partial charge is 0.399 e. The monoisotopic (exact) mass is 386 g/mol. The van der Waals surface area contributed by atoms with Crippen LogP contribution < -0.4 is 11.1 Å². The maximum absolute atomic E-state index is 13.5. The zero-order valence-electron chi connectivity index (χ0n) is 15.9. The number of hydrogen-bond acceptors (Lipinski definition) is 5. The van der Waals surface area contributed by atoms with E-state index in [9.17, 15) is 4.39 Å². The minimum absolute atomic E-state index is 0.266. The van der Waals surface area contributed by atoms with Gasteiger partial charge < -0.3 is 11.1 Å². The number of halogens is 1. The van der Waals surface area contributed by atoms with Crippen LogP contribution in [0.4, 0.5) is 10.1 Å². The predicted octanol–water partition coefficient (Wildman–Crippen LogP) is 3.44. The van der Waals surface area contributed by atoms with E-state index in [2.05, 4.69) is 10.3 Å². The second kappa shape index (κ2) is 6.70. The Bertz CT molecular complexity index is 1240. The van der Waals surface area contributed by atoms with Crippen molar-refractivity contribution in [1.82, 2.24) is 19.9 Å². The van der Waals surface area contributed by atoms with Crippen LogP contribution in [0.2, 0.25) is 0 Å². The van der Waals surface area contributed by atoms with Gasteiger partial charge in [0, 0.05) is 23.5 Å². The molecule has 5 rings (SSSR count). The van der Waals surface area contributed by atoms with E-state index in [1.807, 2.05) is 41.8 Å². The van der Waals surface area contributed by atoms with Gasteiger partial charge in [-0.2, -0.15) is 0 Å². The Hall–Kier alpha value is -3.74. The molecule has 0 fully saturated rings. The maximum atomic E-state index is 13.5. The number of rotatable bonds is 3. The zero-order chi connectivity index (χ0) is 20.0. The summed E-state index contributed by atoms with van der Waals surface area (Å²) in [4.78, 5) is 9.45. The Morgan fingerprint density at radius 3 is 2.45 bits per heavy atom. The molecule has 0 unspecified atom stereocenters. The first-order valence-corrected chi connectivity index (χ1v) is 9.41. The summed E-state index contributed by atoms with van der Waals surface area (Å²) >= 11 is 0. The average molecular weight is 386 g/mol. The highest BCUT2D eigenvalue weighted by Gasteiger charge is 2.22. The number of benzene rings is 2. The summed E-state index contributed by atoms with van der Waals surface area (Å²) in [5.41, 5.74) is 11.7. The van der Waals surface area contributed by atoms with Gasteiger partial charge in [0.15, 0.2) is 11.5 Å². The van der Waals surface area contributed by atoms with E-state index in [4.69, 9.17) is 15.8 Å². The lowest BCUT2D eigenvalue weighted by Gasteiger charge is -2.13. The van der Waals surface area contributed by atoms with Gasteiger partial charge in [-0.05, 0) is 60.5 Å². The number of anilines is 1. The van der Waals surface area contributed by atoms with Crippen LogP contribution in [0.1, 0.15) is 11.3 Å². The van der Waals surface area contributed by atoms with Gasteiger partial charge in [0.1, 0.15) is 11.7 Å². The number of amidine groups is 1. The zero-order valence-corrected chi connectivity index (χ0v) is 15.9. The van der Waals surface area contributed by atoms with Crippen molar-refractivity contribution >= 4 is 17.2 Å². The second-order valence-corrected chi connectivity index (χ2v) is 7.03. The molecule has 7 heteroatoms. The molecule has 0 amide bonds. The van der Waals surface area contributed by atoms with Crippen molar-refractivity contribution in [3.05, 3.63) is 71.7 Å². The van der Waals surface area contributed by atoms with Crippen LogP contribution in [-0.2, 0) is 0 Å². The quantitative estimate of drug-likeness (QED) is 0.529. The molecule has 0 spiro atoms. The minimum Gasteiger partial charge on any atom is -0.399 e. The number of aromatic nitrogens is 3. The Kier molecular flexibility index (Phi) is 4.01. The van der Waals surface area contributed by atoms with E-state index in [0.29, 0.717) is 23.7 Å². The third kappa shape index (κ3) is 3.00. The van der Waals surface area contributed by atoms with Crippen LogP contribution in [0.25, 0.3) is 28.2 Å². The summed E-state index contributed by atoms with van der Waals surface area (Å²) in [5, 5.41) is 8.06. The fourth-order valence-electron chi connectivity index (χ4n) is 3.59. The molecule has 0 saturated carbocycles. The Morgan fingerprint density at radius 2 is 1.76 bits per heavy atom. The van der Waals surface area contributed by atoms with Crippen molar-refractivity contribution in [2.45, 2.75) is 6.92 Å². The van der Waals surface area contributed by atoms with Gasteiger partial charge in [-0.25, -0.2) is 13.9 Å². The number of nitrogen functional groups attached to an aromatic ring is 1. The van der Waals surface area contributed by atoms with Crippen LogP contribution in [0, 0.1) is 12.7 Å². The highest BCUT2D eigenvalue weighted by Crippen LogP contribution is 2.30. The van der Waals surface area contributed by atoms with Gasteiger partial charge in [-0.3, -0.25) is 4.99 Å². The van der Waals surface area contributed by atoms with Crippen molar-refractivity contribution in [3.8, 4) is 22.5 Å². The van der Waals surface area contributed by atoms with E-state index < -0.39 is 0 Å². The molecular formula is C22H19FN6. The van der Waals surface area contributed by atoms with Gasteiger partial charge in [-0.1, -0.05) is 12.1 Å². The molecule has 1 aliphatic rings. The third-order valence-electron chi connectivity index (χ3n) is 5.02. The first-order chi connectivity index (χ1) is 14.1. The van der Waals surface area contributed by atoms with Gasteiger partial charge in [-0.15, -0.1) is 5.10 Å². The fourth-order valence-corrected chi connectivity index (χ4v) is 3.59. The summed E-state index contributed by atoms with van der Waals surface area (Å²) in [5.74, 6) is 1.13. The molecule has 0 saturated heterocycles. The normalized spacial score (nSPS) is 13.5. The molecule has 3 N–H and O–H groups in total. The molecule has 29 heavy (non-hydrogen) atoms. The first-order valence-electron chi connectivity index (χ1n) is 9.41. The standard InChI is InChI=1S/C22H19FN6/c1-13-12-18(14-2-6-16(23)7-3-14)19(21-25-10-11-26-21)22-27-20(28-29(13)22)15-4-8-17(24)9-5-15/h2-9,12H,10-11,24H2,1H3,(H,25,26). The second-order valence-electron chi connectivity index (χ2n) is 7.03. The number of nitrogens with two attached hydrogens (primary N) is 1. The van der Waals surface area contributed by atoms with Crippen molar-refractivity contribution in [2.75, 3.05) is 18.8 Å². The molecule has 144 valence electrons. The lowest BCUT2D eigenvalue weighted by Crippen LogP contribution is -2.21. The summed E-state index contributed by atoms with van der Waals surface area (Å²) in [6.45, 7) is 3.46. The molecule has 4 aromatic rings. The van der Waals surface area contributed by atoms with Crippen LogP contribution >= 0.6 is 0 Å². The molecule has 2 aromatic heterocycles. The molecule has 3 heterocycles. The molecule has 0 atom stereocenters. The number of aryl methyl sites for hydroxylation is 1. The number of hydrogen-bond donors (Lipinski definition) is 2. The predicted molar refractivity (Wildman–Crippen MR) is 112 cm³/mol. The van der Waals surface area contributed by atoms with Gasteiger partial charge >= 0.3 is 0 Å². The molecular weight excluding hydrogens is 367 g/mol. The van der Waals surface area contributed by atoms with Gasteiger partial charge in [0.05, 0.1) is 12.1 Å². The number of fused-ring (bicyclic) bond motifs is 1. The summed E-state index contributed by atoms with van der Waals surface area (Å²) in [7, 11) is 0. The Labute approximate surface area is 166 Å². The third-order valence-corrected chi connectivity index (χ3v) is 5.02. The van der Waals surface area contributed by atoms with Crippen LogP contribution in [0.3, 0.4) is 0 Å². The van der Waals surface area contributed by atoms with Gasteiger partial charge in [0.2, 0.25) is 0 Å². The first kappa shape index (κ1) is 17.4. The summed E-state index contributed by atoms with van der Waals surface area (Å²) in [6, 6.07) is 16.0. The van der Waals surface area contributed by atoms with Crippen LogP contribution in [-0.4, -0.2) is 33.5 Å². The average Bonchev–Trinajstić information content (AvgIpc) is 3.40. The van der Waals surface area contributed by atoms with E-state index in [-0.39, 0.29) is 5.82 Å². The lowest BCUT2D eigenvalue weighted by molar-refractivity contribution is 0.628. The number of nitrogens with one attached hydrogen (secondary N) is 1. The number of nitrogens with zero attached hydrogens (tertiary/aromatic N) is 4. The summed E-state index contributed by atoms with van der Waals surface area (Å²) < 4.78 is 15.3. The van der Waals surface area contributed by atoms with Crippen molar-refractivity contribution in [1.29, 1.82) is 0 Å². The van der Waals surface area contributed by atoms with E-state index in [0.717, 1.165) is 40.3 Å². The smallest absolute Gasteiger partial charge is 0.182 e. The van der Waals surface area contributed by atoms with E-state index in [1.54, 1.807) is 12.1 Å². The van der Waals surface area contributed by atoms with Crippen molar-refractivity contribution in [3.63, 3.8) is 0 Å². The highest BCUT2D eigenvalue weighted by molar-refractivity contribution is 6.10. The molecule has 1 aliphatic heterocycles. The SMILES string of the molecule is Cc1cc(-c2ccc(F)cc2)c(C2=NCCN2)c2nc(-c3ccc(N)cc3)nn12. The van der Waals surface area contributed by atoms with Crippen LogP contribution in [0.15, 0.2) is 59.6 Å². The number of aliphatic imine (C=N–C) groups is 1. The van der Waals surface area contributed by atoms with Crippen LogP contribution in [0.5, 0.6) is 0 Å². The van der Waals surface area contributed by atoms with E-state index >= 15 is 0 Å². The Balaban J connectivity index is 1.78. The molecule has 2 aromatic carbocycles. The summed E-state index contributed by atoms with van der Waals surface area (Å²) in [6.07, 6.45) is 0. The molecule has 0 radical (unpaired) electrons. The highest BCUT2D eigenvalue weighted by atomic mass is 19.1. The minimum atomic E-state index is -0.266. The van der Waals surface area contributed by atoms with Crippen molar-refractivity contribution in [2.24, 2.45) is 4.99 Å². The number of pyridine rings is 1.